The molecule has 0 aliphatic heterocycles. The Morgan fingerprint density at radius 1 is 1.12 bits per heavy atom. The van der Waals surface area contributed by atoms with Crippen LogP contribution in [0.4, 0.5) is 4.79 Å². The minimum absolute atomic E-state index is 0.0581. The summed E-state index contributed by atoms with van der Waals surface area (Å²) < 4.78 is 0. The summed E-state index contributed by atoms with van der Waals surface area (Å²) in [5, 5.41) is 0.782. The summed E-state index contributed by atoms with van der Waals surface area (Å²) >= 11 is 0. The minimum atomic E-state index is -1.20. The van der Waals surface area contributed by atoms with Gasteiger partial charge in [0.1, 0.15) is 0 Å². The van der Waals surface area contributed by atoms with Gasteiger partial charge in [0, 0.05) is 18.5 Å². The van der Waals surface area contributed by atoms with Gasteiger partial charge < -0.3 is 10.5 Å². The number of carbonyl (C=O) groups is 3. The molecule has 0 saturated heterocycles. The Balaban J connectivity index is 2.26. The average molecular weight is 325 g/mol. The third kappa shape index (κ3) is 4.47. The van der Waals surface area contributed by atoms with Gasteiger partial charge in [-0.05, 0) is 17.7 Å². The highest BCUT2D eigenvalue weighted by Crippen LogP contribution is 2.13. The van der Waals surface area contributed by atoms with Crippen LogP contribution in [0.5, 0.6) is 0 Å². The Morgan fingerprint density at radius 2 is 1.79 bits per heavy atom. The Hall–Kier alpha value is -3.55. The Kier molecular flexibility index (Phi) is 5.73. The number of hydrogen-bond donors (Lipinski definition) is 2. The molecule has 2 aromatic rings. The number of nitrogens with one attached hydrogen (secondary N) is 1. The van der Waals surface area contributed by atoms with E-state index in [9.17, 15) is 14.4 Å². The highest BCUT2D eigenvalue weighted by atomic mass is 16.2. The van der Waals surface area contributed by atoms with Crippen molar-refractivity contribution in [3.8, 4) is 0 Å². The first-order valence-electron chi connectivity index (χ1n) is 6.96. The first-order valence-corrected chi connectivity index (χ1v) is 6.96. The first-order chi connectivity index (χ1) is 11.6. The van der Waals surface area contributed by atoms with Gasteiger partial charge in [0.2, 0.25) is 0 Å². The van der Waals surface area contributed by atoms with E-state index in [4.69, 9.17) is 5.73 Å². The molecule has 3 N–H and O–H groups in total. The lowest BCUT2D eigenvalue weighted by Gasteiger charge is -2.25. The van der Waals surface area contributed by atoms with Crippen LogP contribution in [0.15, 0.2) is 54.9 Å². The number of hydrazine groups is 1. The summed E-state index contributed by atoms with van der Waals surface area (Å²) in [5.41, 5.74) is 7.99. The van der Waals surface area contributed by atoms with Crippen LogP contribution in [0.3, 0.4) is 0 Å². The number of rotatable bonds is 5. The van der Waals surface area contributed by atoms with Crippen LogP contribution in [0.2, 0.25) is 0 Å². The van der Waals surface area contributed by atoms with Crippen LogP contribution in [-0.2, 0) is 9.59 Å². The van der Waals surface area contributed by atoms with Crippen LogP contribution < -0.4 is 11.2 Å². The zero-order chi connectivity index (χ0) is 17.4. The van der Waals surface area contributed by atoms with Gasteiger partial charge in [-0.15, -0.1) is 0 Å². The standard InChI is InChI=1S/C16H15N5O3/c17-16(24)20-21(13(11-22)15-18-9-4-10-19-15)14(23)8-7-12-5-2-1-3-6-12/h1-11,13H,(H3,17,20,24). The highest BCUT2D eigenvalue weighted by Gasteiger charge is 2.27. The second kappa shape index (κ2) is 8.18. The molecule has 1 atom stereocenters. The summed E-state index contributed by atoms with van der Waals surface area (Å²) in [6.45, 7) is 0. The molecular weight excluding hydrogens is 310 g/mol. The maximum absolute atomic E-state index is 12.4. The quantitative estimate of drug-likeness (QED) is 0.480. The Morgan fingerprint density at radius 3 is 2.38 bits per heavy atom. The summed E-state index contributed by atoms with van der Waals surface area (Å²) in [6.07, 6.45) is 6.05. The van der Waals surface area contributed by atoms with Crippen LogP contribution in [-0.4, -0.2) is 33.2 Å². The van der Waals surface area contributed by atoms with Crippen molar-refractivity contribution in [3.05, 3.63) is 66.3 Å². The molecule has 1 aromatic heterocycles. The fourth-order valence-corrected chi connectivity index (χ4v) is 1.89. The van der Waals surface area contributed by atoms with Gasteiger partial charge >= 0.3 is 6.03 Å². The largest absolute Gasteiger partial charge is 0.350 e. The number of carbonyl (C=O) groups excluding carboxylic acids is 3. The fraction of sp³-hybridized carbons (Fsp3) is 0.0625. The lowest BCUT2D eigenvalue weighted by Crippen LogP contribution is -2.50. The maximum atomic E-state index is 12.4. The molecule has 2 rings (SSSR count). The van der Waals surface area contributed by atoms with E-state index in [0.717, 1.165) is 10.6 Å². The van der Waals surface area contributed by atoms with Crippen LogP contribution in [0, 0.1) is 0 Å². The second-order valence-corrected chi connectivity index (χ2v) is 4.62. The zero-order valence-electron chi connectivity index (χ0n) is 12.6. The normalized spacial score (nSPS) is 11.7. The number of nitrogens with two attached hydrogens (primary N) is 1. The van der Waals surface area contributed by atoms with Crippen molar-refractivity contribution in [1.82, 2.24) is 20.4 Å². The van der Waals surface area contributed by atoms with E-state index in [1.165, 1.54) is 18.5 Å². The van der Waals surface area contributed by atoms with Gasteiger partial charge in [-0.25, -0.2) is 25.2 Å². The molecular formula is C16H15N5O3. The van der Waals surface area contributed by atoms with Crippen molar-refractivity contribution in [3.63, 3.8) is 0 Å². The van der Waals surface area contributed by atoms with Crippen LogP contribution in [0.1, 0.15) is 17.4 Å². The predicted octanol–water partition coefficient (Wildman–Crippen LogP) is 0.842. The number of aromatic nitrogens is 2. The van der Waals surface area contributed by atoms with Gasteiger partial charge in [-0.3, -0.25) is 4.79 Å². The molecule has 0 aliphatic carbocycles. The molecule has 1 heterocycles. The number of benzene rings is 1. The van der Waals surface area contributed by atoms with Crippen molar-refractivity contribution >= 4 is 24.3 Å². The molecule has 122 valence electrons. The highest BCUT2D eigenvalue weighted by molar-refractivity contribution is 5.94. The fourth-order valence-electron chi connectivity index (χ4n) is 1.89. The van der Waals surface area contributed by atoms with Crippen LogP contribution in [0.25, 0.3) is 6.08 Å². The molecule has 0 saturated carbocycles. The van der Waals surface area contributed by atoms with E-state index in [-0.39, 0.29) is 5.82 Å². The Bertz CT molecular complexity index is 734. The Labute approximate surface area is 138 Å². The van der Waals surface area contributed by atoms with Crippen molar-refractivity contribution < 1.29 is 14.4 Å². The van der Waals surface area contributed by atoms with E-state index in [0.29, 0.717) is 6.29 Å². The monoisotopic (exact) mass is 325 g/mol. The number of amides is 3. The second-order valence-electron chi connectivity index (χ2n) is 4.62. The minimum Gasteiger partial charge on any atom is -0.350 e. The molecule has 0 fully saturated rings. The van der Waals surface area contributed by atoms with Crippen molar-refractivity contribution in [2.75, 3.05) is 0 Å². The SMILES string of the molecule is NC(=O)NN(C(=O)C=Cc1ccccc1)C(C=O)c1ncccn1. The van der Waals surface area contributed by atoms with E-state index in [1.807, 2.05) is 18.2 Å². The molecule has 24 heavy (non-hydrogen) atoms. The molecule has 8 heteroatoms. The molecule has 3 amide bonds. The third-order valence-electron chi connectivity index (χ3n) is 2.94. The molecule has 8 nitrogen and oxygen atoms in total. The van der Waals surface area contributed by atoms with Crippen molar-refractivity contribution in [1.29, 1.82) is 0 Å². The smallest absolute Gasteiger partial charge is 0.331 e. The van der Waals surface area contributed by atoms with E-state index < -0.39 is 18.0 Å². The summed E-state index contributed by atoms with van der Waals surface area (Å²) in [7, 11) is 0. The number of nitrogens with zero attached hydrogens (tertiary/aromatic N) is 3. The molecule has 1 unspecified atom stereocenters. The third-order valence-corrected chi connectivity index (χ3v) is 2.94. The molecule has 0 aliphatic rings. The van der Waals surface area contributed by atoms with Gasteiger partial charge in [0.25, 0.3) is 5.91 Å². The van der Waals surface area contributed by atoms with Gasteiger partial charge in [-0.1, -0.05) is 30.3 Å². The van der Waals surface area contributed by atoms with Gasteiger partial charge in [0.05, 0.1) is 0 Å². The predicted molar refractivity (Wildman–Crippen MR) is 85.9 cm³/mol. The van der Waals surface area contributed by atoms with Gasteiger partial charge in [0.15, 0.2) is 18.2 Å². The summed E-state index contributed by atoms with van der Waals surface area (Å²) in [4.78, 5) is 42.8. The topological polar surface area (TPSA) is 118 Å². The number of aldehydes is 1. The lowest BCUT2D eigenvalue weighted by molar-refractivity contribution is -0.134. The van der Waals surface area contributed by atoms with E-state index in [2.05, 4.69) is 15.4 Å². The van der Waals surface area contributed by atoms with Crippen molar-refractivity contribution in [2.24, 2.45) is 5.73 Å². The molecule has 0 spiro atoms. The van der Waals surface area contributed by atoms with Gasteiger partial charge in [-0.2, -0.15) is 0 Å². The molecule has 0 radical (unpaired) electrons. The lowest BCUT2D eigenvalue weighted by atomic mass is 10.2. The molecule has 0 bridgehead atoms. The maximum Gasteiger partial charge on any atom is 0.331 e. The summed E-state index contributed by atoms with van der Waals surface area (Å²) in [5.74, 6) is -0.593. The number of primary amides is 1. The van der Waals surface area contributed by atoms with E-state index >= 15 is 0 Å². The average Bonchev–Trinajstić information content (AvgIpc) is 2.61. The van der Waals surface area contributed by atoms with Crippen LogP contribution >= 0.6 is 0 Å². The summed E-state index contributed by atoms with van der Waals surface area (Å²) in [6, 6.07) is 8.45. The first kappa shape index (κ1) is 16.8. The number of hydrogen-bond acceptors (Lipinski definition) is 5. The number of urea groups is 1. The zero-order valence-corrected chi connectivity index (χ0v) is 12.6. The van der Waals surface area contributed by atoms with E-state index in [1.54, 1.807) is 24.3 Å². The van der Waals surface area contributed by atoms with Crippen molar-refractivity contribution in [2.45, 2.75) is 6.04 Å². The molecule has 1 aromatic carbocycles.